The third-order valence-electron chi connectivity index (χ3n) is 3.69. The fourth-order valence-electron chi connectivity index (χ4n) is 3.41. The molecular formula is C12H26N2. The molecular weight excluding hydrogens is 172 g/mol. The number of hydrogen-bond acceptors (Lipinski definition) is 2. The quantitative estimate of drug-likeness (QED) is 0.726. The van der Waals surface area contributed by atoms with E-state index in [1.54, 1.807) is 0 Å². The molecule has 2 heteroatoms. The zero-order chi connectivity index (χ0) is 10.8. The number of nitrogens with one attached hydrogen (secondary N) is 1. The molecule has 1 aliphatic carbocycles. The zero-order valence-corrected chi connectivity index (χ0v) is 10.4. The summed E-state index contributed by atoms with van der Waals surface area (Å²) in [6, 6.07) is 0.726. The molecule has 0 aliphatic heterocycles. The lowest BCUT2D eigenvalue weighted by molar-refractivity contribution is -0.00232. The van der Waals surface area contributed by atoms with Crippen LogP contribution in [0.5, 0.6) is 0 Å². The van der Waals surface area contributed by atoms with Gasteiger partial charge in [0.15, 0.2) is 0 Å². The van der Waals surface area contributed by atoms with Crippen molar-refractivity contribution < 1.29 is 0 Å². The van der Waals surface area contributed by atoms with Gasteiger partial charge in [0.25, 0.3) is 0 Å². The van der Waals surface area contributed by atoms with Crippen molar-refractivity contribution in [2.24, 2.45) is 11.3 Å². The van der Waals surface area contributed by atoms with E-state index in [4.69, 9.17) is 0 Å². The lowest BCUT2D eigenvalue weighted by Gasteiger charge is -2.52. The summed E-state index contributed by atoms with van der Waals surface area (Å²) in [6.45, 7) is 5.87. The largest absolute Gasteiger partial charge is 0.319 e. The predicted octanol–water partition coefficient (Wildman–Crippen LogP) is 1.96. The van der Waals surface area contributed by atoms with Crippen molar-refractivity contribution in [3.63, 3.8) is 0 Å². The first-order valence-electron chi connectivity index (χ1n) is 5.84. The highest BCUT2D eigenvalue weighted by atomic mass is 15.1. The van der Waals surface area contributed by atoms with Gasteiger partial charge in [-0.15, -0.1) is 0 Å². The smallest absolute Gasteiger partial charge is 0.0181 e. The molecule has 0 saturated heterocycles. The van der Waals surface area contributed by atoms with Crippen LogP contribution in [0, 0.1) is 11.3 Å². The summed E-state index contributed by atoms with van der Waals surface area (Å²) >= 11 is 0. The van der Waals surface area contributed by atoms with Gasteiger partial charge in [-0.05, 0) is 45.3 Å². The maximum Gasteiger partial charge on any atom is 0.0181 e. The second-order valence-electron chi connectivity index (χ2n) is 5.40. The van der Waals surface area contributed by atoms with Crippen LogP contribution in [0.15, 0.2) is 0 Å². The molecule has 1 N–H and O–H groups in total. The van der Waals surface area contributed by atoms with Crippen molar-refractivity contribution in [1.82, 2.24) is 10.2 Å². The molecule has 1 atom stereocenters. The molecule has 0 radical (unpaired) electrons. The van der Waals surface area contributed by atoms with Gasteiger partial charge in [-0.3, -0.25) is 0 Å². The van der Waals surface area contributed by atoms with E-state index in [1.165, 1.54) is 25.8 Å². The van der Waals surface area contributed by atoms with Crippen LogP contribution >= 0.6 is 0 Å². The van der Waals surface area contributed by atoms with Crippen LogP contribution in [0.25, 0.3) is 0 Å². The second-order valence-corrected chi connectivity index (χ2v) is 5.40. The van der Waals surface area contributed by atoms with Crippen LogP contribution in [0.4, 0.5) is 0 Å². The van der Waals surface area contributed by atoms with Gasteiger partial charge in [0.2, 0.25) is 0 Å². The van der Waals surface area contributed by atoms with E-state index in [1.807, 2.05) is 0 Å². The van der Waals surface area contributed by atoms with E-state index in [9.17, 15) is 0 Å². The highest BCUT2D eigenvalue weighted by Crippen LogP contribution is 2.47. The molecule has 0 aromatic heterocycles. The second kappa shape index (κ2) is 4.63. The van der Waals surface area contributed by atoms with Gasteiger partial charge in [0, 0.05) is 12.6 Å². The summed E-state index contributed by atoms with van der Waals surface area (Å²) in [5, 5.41) is 3.37. The van der Waals surface area contributed by atoms with Crippen molar-refractivity contribution in [2.75, 3.05) is 27.7 Å². The lowest BCUT2D eigenvalue weighted by atomic mass is 9.61. The first kappa shape index (κ1) is 12.0. The number of rotatable bonds is 5. The van der Waals surface area contributed by atoms with Crippen LogP contribution in [-0.4, -0.2) is 38.6 Å². The van der Waals surface area contributed by atoms with Crippen LogP contribution < -0.4 is 5.32 Å². The molecule has 84 valence electrons. The van der Waals surface area contributed by atoms with Crippen molar-refractivity contribution >= 4 is 0 Å². The average Bonchev–Trinajstić information content (AvgIpc) is 1.98. The van der Waals surface area contributed by atoms with E-state index < -0.39 is 0 Å². The minimum atomic E-state index is 0.548. The molecule has 1 aliphatic rings. The maximum absolute atomic E-state index is 3.37. The first-order chi connectivity index (χ1) is 6.53. The molecule has 0 spiro atoms. The number of nitrogens with zero attached hydrogens (tertiary/aromatic N) is 1. The Hall–Kier alpha value is -0.0800. The molecule has 2 nitrogen and oxygen atoms in total. The van der Waals surface area contributed by atoms with Crippen molar-refractivity contribution in [3.8, 4) is 0 Å². The van der Waals surface area contributed by atoms with Gasteiger partial charge in [0.05, 0.1) is 0 Å². The van der Waals surface area contributed by atoms with E-state index in [-0.39, 0.29) is 0 Å². The Balaban J connectivity index is 2.73. The highest BCUT2D eigenvalue weighted by Gasteiger charge is 2.45. The van der Waals surface area contributed by atoms with Crippen molar-refractivity contribution in [3.05, 3.63) is 0 Å². The molecule has 1 unspecified atom stereocenters. The number of hydrogen-bond donors (Lipinski definition) is 1. The lowest BCUT2D eigenvalue weighted by Crippen LogP contribution is -2.55. The van der Waals surface area contributed by atoms with E-state index >= 15 is 0 Å². The summed E-state index contributed by atoms with van der Waals surface area (Å²) in [4.78, 5) is 2.42. The molecule has 1 saturated carbocycles. The Labute approximate surface area is 89.1 Å². The minimum absolute atomic E-state index is 0.548. The van der Waals surface area contributed by atoms with Crippen LogP contribution in [0.1, 0.15) is 33.1 Å². The predicted molar refractivity (Wildman–Crippen MR) is 62.5 cm³/mol. The SMILES string of the molecule is CNCC1(C(C(C)C)N(C)C)CCC1. The molecule has 1 rings (SSSR count). The van der Waals surface area contributed by atoms with Gasteiger partial charge in [-0.2, -0.15) is 0 Å². The Morgan fingerprint density at radius 2 is 1.86 bits per heavy atom. The summed E-state index contributed by atoms with van der Waals surface area (Å²) in [6.07, 6.45) is 4.21. The fourth-order valence-corrected chi connectivity index (χ4v) is 3.41. The highest BCUT2D eigenvalue weighted by molar-refractivity contribution is 4.99. The van der Waals surface area contributed by atoms with Crippen LogP contribution in [0.2, 0.25) is 0 Å². The zero-order valence-electron chi connectivity index (χ0n) is 10.4. The normalized spacial score (nSPS) is 22.5. The van der Waals surface area contributed by atoms with Crippen LogP contribution in [0.3, 0.4) is 0 Å². The van der Waals surface area contributed by atoms with Gasteiger partial charge < -0.3 is 10.2 Å². The molecule has 0 heterocycles. The monoisotopic (exact) mass is 198 g/mol. The standard InChI is InChI=1S/C12H26N2/c1-10(2)11(14(4)5)12(9-13-3)7-6-8-12/h10-11,13H,6-9H2,1-5H3. The molecule has 0 bridgehead atoms. The van der Waals surface area contributed by atoms with Crippen LogP contribution in [-0.2, 0) is 0 Å². The van der Waals surface area contributed by atoms with E-state index in [0.717, 1.165) is 12.0 Å². The summed E-state index contributed by atoms with van der Waals surface area (Å²) in [5.74, 6) is 0.749. The Morgan fingerprint density at radius 1 is 1.29 bits per heavy atom. The Kier molecular flexibility index (Phi) is 3.96. The van der Waals surface area contributed by atoms with Gasteiger partial charge in [-0.1, -0.05) is 20.3 Å². The van der Waals surface area contributed by atoms with Crippen molar-refractivity contribution in [1.29, 1.82) is 0 Å². The molecule has 0 aromatic carbocycles. The molecule has 0 amide bonds. The summed E-state index contributed by atoms with van der Waals surface area (Å²) in [5.41, 5.74) is 0.548. The van der Waals surface area contributed by atoms with Gasteiger partial charge >= 0.3 is 0 Å². The third-order valence-corrected chi connectivity index (χ3v) is 3.69. The summed E-state index contributed by atoms with van der Waals surface area (Å²) in [7, 11) is 6.52. The maximum atomic E-state index is 3.37. The van der Waals surface area contributed by atoms with Gasteiger partial charge in [-0.25, -0.2) is 0 Å². The van der Waals surface area contributed by atoms with E-state index in [2.05, 4.69) is 45.2 Å². The fraction of sp³-hybridized carbons (Fsp3) is 1.00. The Morgan fingerprint density at radius 3 is 2.07 bits per heavy atom. The topological polar surface area (TPSA) is 15.3 Å². The van der Waals surface area contributed by atoms with Gasteiger partial charge in [0.1, 0.15) is 0 Å². The molecule has 1 fully saturated rings. The van der Waals surface area contributed by atoms with Crippen molar-refractivity contribution in [2.45, 2.75) is 39.2 Å². The molecule has 14 heavy (non-hydrogen) atoms. The third kappa shape index (κ3) is 2.12. The van der Waals surface area contributed by atoms with E-state index in [0.29, 0.717) is 5.41 Å². The summed E-state index contributed by atoms with van der Waals surface area (Å²) < 4.78 is 0. The molecule has 0 aromatic rings. The minimum Gasteiger partial charge on any atom is -0.319 e. The Bertz CT molecular complexity index is 163. The average molecular weight is 198 g/mol. The first-order valence-corrected chi connectivity index (χ1v) is 5.84.